The van der Waals surface area contributed by atoms with Crippen molar-refractivity contribution in [2.75, 3.05) is 26.2 Å². The first kappa shape index (κ1) is 17.1. The Balaban J connectivity index is 1.73. The van der Waals surface area contributed by atoms with E-state index in [9.17, 15) is 18.0 Å². The molecule has 0 unspecified atom stereocenters. The van der Waals surface area contributed by atoms with E-state index in [2.05, 4.69) is 0 Å². The maximum absolute atomic E-state index is 12.6. The van der Waals surface area contributed by atoms with Gasteiger partial charge in [0, 0.05) is 44.6 Å². The molecule has 6 nitrogen and oxygen atoms in total. The van der Waals surface area contributed by atoms with E-state index in [4.69, 9.17) is 0 Å². The minimum Gasteiger partial charge on any atom is -0.338 e. The second-order valence-electron chi connectivity index (χ2n) is 6.32. The Bertz CT molecular complexity index is 711. The van der Waals surface area contributed by atoms with Crippen LogP contribution in [0, 0.1) is 0 Å². The lowest BCUT2D eigenvalue weighted by Gasteiger charge is -2.27. The molecule has 130 valence electrons. The molecule has 0 radical (unpaired) electrons. The number of likely N-dealkylation sites (tertiary alicyclic amines) is 1. The summed E-state index contributed by atoms with van der Waals surface area (Å²) in [5.74, 6) is 0.0337. The van der Waals surface area contributed by atoms with Crippen molar-refractivity contribution in [1.82, 2.24) is 9.21 Å². The second-order valence-corrected chi connectivity index (χ2v) is 8.26. The lowest BCUT2D eigenvalue weighted by Crippen LogP contribution is -2.38. The quantitative estimate of drug-likeness (QED) is 0.831. The van der Waals surface area contributed by atoms with Crippen LogP contribution in [0.5, 0.6) is 0 Å². The third kappa shape index (κ3) is 3.52. The predicted octanol–water partition coefficient (Wildman–Crippen LogP) is 1.67. The first-order valence-electron chi connectivity index (χ1n) is 8.40. The van der Waals surface area contributed by atoms with Crippen molar-refractivity contribution in [2.24, 2.45) is 0 Å². The molecule has 0 spiro atoms. The molecule has 2 heterocycles. The molecule has 2 aliphatic heterocycles. The van der Waals surface area contributed by atoms with Gasteiger partial charge in [-0.05, 0) is 37.1 Å². The highest BCUT2D eigenvalue weighted by Crippen LogP contribution is 2.21. The number of piperidine rings is 2. The van der Waals surface area contributed by atoms with E-state index in [1.54, 1.807) is 17.0 Å². The molecule has 7 heteroatoms. The number of ketones is 1. The number of sulfonamides is 1. The summed E-state index contributed by atoms with van der Waals surface area (Å²) in [5.41, 5.74) is 0.460. The fourth-order valence-electron chi connectivity index (χ4n) is 3.17. The van der Waals surface area contributed by atoms with Crippen LogP contribution in [-0.2, 0) is 14.8 Å². The topological polar surface area (TPSA) is 74.8 Å². The standard InChI is InChI=1S/C17H22N2O4S/c20-15-8-12-18(13-9-15)17(21)14-4-6-16(7-5-14)24(22,23)19-10-2-1-3-11-19/h4-7H,1-3,8-13H2. The average molecular weight is 350 g/mol. The molecule has 0 aliphatic carbocycles. The largest absolute Gasteiger partial charge is 0.338 e. The Morgan fingerprint density at radius 1 is 0.875 bits per heavy atom. The van der Waals surface area contributed by atoms with Crippen molar-refractivity contribution >= 4 is 21.7 Å². The van der Waals surface area contributed by atoms with E-state index in [0.29, 0.717) is 44.6 Å². The van der Waals surface area contributed by atoms with Gasteiger partial charge in [-0.1, -0.05) is 6.42 Å². The Kier molecular flexibility index (Phi) is 5.01. The van der Waals surface area contributed by atoms with Gasteiger partial charge in [-0.25, -0.2) is 8.42 Å². The van der Waals surface area contributed by atoms with Crippen molar-refractivity contribution in [1.29, 1.82) is 0 Å². The minimum absolute atomic E-state index is 0.149. The average Bonchev–Trinajstić information content (AvgIpc) is 2.62. The first-order valence-corrected chi connectivity index (χ1v) is 9.84. The molecule has 2 saturated heterocycles. The van der Waals surface area contributed by atoms with E-state index in [0.717, 1.165) is 19.3 Å². The fraction of sp³-hybridized carbons (Fsp3) is 0.529. The number of amides is 1. The molecule has 1 amide bonds. The molecular formula is C17H22N2O4S. The molecule has 0 N–H and O–H groups in total. The van der Waals surface area contributed by atoms with E-state index >= 15 is 0 Å². The third-order valence-corrected chi connectivity index (χ3v) is 6.58. The zero-order valence-corrected chi connectivity index (χ0v) is 14.4. The minimum atomic E-state index is -3.47. The molecule has 24 heavy (non-hydrogen) atoms. The molecule has 1 aromatic carbocycles. The van der Waals surface area contributed by atoms with Crippen LogP contribution >= 0.6 is 0 Å². The van der Waals surface area contributed by atoms with E-state index < -0.39 is 10.0 Å². The summed E-state index contributed by atoms with van der Waals surface area (Å²) in [6, 6.07) is 6.14. The molecule has 0 atom stereocenters. The number of rotatable bonds is 3. The molecule has 0 bridgehead atoms. The SMILES string of the molecule is O=C1CCN(C(=O)c2ccc(S(=O)(=O)N3CCCCC3)cc2)CC1. The van der Waals surface area contributed by atoms with Gasteiger partial charge >= 0.3 is 0 Å². The van der Waals surface area contributed by atoms with Gasteiger partial charge in [-0.2, -0.15) is 4.31 Å². The van der Waals surface area contributed by atoms with Crippen LogP contribution in [0.4, 0.5) is 0 Å². The van der Waals surface area contributed by atoms with Crippen LogP contribution in [0.25, 0.3) is 0 Å². The first-order chi connectivity index (χ1) is 11.5. The normalized spacial score (nSPS) is 20.2. The summed E-state index contributed by atoms with van der Waals surface area (Å²) in [4.78, 5) is 25.6. The van der Waals surface area contributed by atoms with Crippen LogP contribution < -0.4 is 0 Å². The molecule has 2 fully saturated rings. The number of carbonyl (C=O) groups excluding carboxylic acids is 2. The van der Waals surface area contributed by atoms with E-state index in [1.807, 2.05) is 0 Å². The van der Waals surface area contributed by atoms with Gasteiger partial charge < -0.3 is 4.90 Å². The number of benzene rings is 1. The van der Waals surface area contributed by atoms with Gasteiger partial charge in [0.1, 0.15) is 5.78 Å². The van der Waals surface area contributed by atoms with Crippen LogP contribution in [0.15, 0.2) is 29.2 Å². The summed E-state index contributed by atoms with van der Waals surface area (Å²) in [6.07, 6.45) is 3.64. The lowest BCUT2D eigenvalue weighted by atomic mass is 10.1. The van der Waals surface area contributed by atoms with Crippen LogP contribution in [0.3, 0.4) is 0 Å². The highest BCUT2D eigenvalue weighted by Gasteiger charge is 2.27. The van der Waals surface area contributed by atoms with Crippen molar-refractivity contribution in [2.45, 2.75) is 37.0 Å². The number of nitrogens with zero attached hydrogens (tertiary/aromatic N) is 2. The zero-order valence-electron chi connectivity index (χ0n) is 13.6. The van der Waals surface area contributed by atoms with Crippen molar-refractivity contribution in [3.05, 3.63) is 29.8 Å². The molecule has 2 aliphatic rings. The molecule has 0 saturated carbocycles. The molecule has 3 rings (SSSR count). The summed E-state index contributed by atoms with van der Waals surface area (Å²) in [6.45, 7) is 1.99. The van der Waals surface area contributed by atoms with Gasteiger partial charge in [0.15, 0.2) is 0 Å². The Hall–Kier alpha value is -1.73. The van der Waals surface area contributed by atoms with Gasteiger partial charge in [0.25, 0.3) is 5.91 Å². The number of hydrogen-bond donors (Lipinski definition) is 0. The van der Waals surface area contributed by atoms with Crippen LogP contribution in [0.1, 0.15) is 42.5 Å². The van der Waals surface area contributed by atoms with Gasteiger partial charge in [0.05, 0.1) is 4.90 Å². The number of carbonyl (C=O) groups is 2. The van der Waals surface area contributed by atoms with Crippen molar-refractivity contribution in [3.8, 4) is 0 Å². The monoisotopic (exact) mass is 350 g/mol. The summed E-state index contributed by atoms with van der Waals surface area (Å²) >= 11 is 0. The fourth-order valence-corrected chi connectivity index (χ4v) is 4.68. The molecular weight excluding hydrogens is 328 g/mol. The molecule has 1 aromatic rings. The van der Waals surface area contributed by atoms with Gasteiger partial charge in [-0.3, -0.25) is 9.59 Å². The smallest absolute Gasteiger partial charge is 0.253 e. The Morgan fingerprint density at radius 3 is 2.04 bits per heavy atom. The Morgan fingerprint density at radius 2 is 1.46 bits per heavy atom. The lowest BCUT2D eigenvalue weighted by molar-refractivity contribution is -0.120. The third-order valence-electron chi connectivity index (χ3n) is 4.66. The number of Topliss-reactive ketones (excluding diaryl/α,β-unsaturated/α-hetero) is 1. The maximum atomic E-state index is 12.6. The molecule has 0 aromatic heterocycles. The predicted molar refractivity (Wildman–Crippen MR) is 89.2 cm³/mol. The van der Waals surface area contributed by atoms with Crippen LogP contribution in [-0.4, -0.2) is 55.5 Å². The zero-order chi connectivity index (χ0) is 17.2. The highest BCUT2D eigenvalue weighted by molar-refractivity contribution is 7.89. The highest BCUT2D eigenvalue weighted by atomic mass is 32.2. The van der Waals surface area contributed by atoms with Crippen molar-refractivity contribution < 1.29 is 18.0 Å². The number of hydrogen-bond acceptors (Lipinski definition) is 4. The summed E-state index contributed by atoms with van der Waals surface area (Å²) in [7, 11) is -3.47. The second kappa shape index (κ2) is 7.03. The van der Waals surface area contributed by atoms with Crippen LogP contribution in [0.2, 0.25) is 0 Å². The van der Waals surface area contributed by atoms with Gasteiger partial charge in [-0.15, -0.1) is 0 Å². The maximum Gasteiger partial charge on any atom is 0.253 e. The Labute approximate surface area is 142 Å². The van der Waals surface area contributed by atoms with Gasteiger partial charge in [0.2, 0.25) is 10.0 Å². The summed E-state index contributed by atoms with van der Waals surface area (Å²) in [5, 5.41) is 0. The van der Waals surface area contributed by atoms with Crippen molar-refractivity contribution in [3.63, 3.8) is 0 Å². The van der Waals surface area contributed by atoms with E-state index in [-0.39, 0.29) is 16.6 Å². The van der Waals surface area contributed by atoms with E-state index in [1.165, 1.54) is 16.4 Å². The summed E-state index contributed by atoms with van der Waals surface area (Å²) < 4.78 is 26.7.